The molecule has 1 aromatic heterocycles. The number of halogens is 2. The third-order valence-electron chi connectivity index (χ3n) is 2.74. The van der Waals surface area contributed by atoms with E-state index in [9.17, 15) is 9.90 Å². The molecular weight excluding hydrogens is 374 g/mol. The Morgan fingerprint density at radius 2 is 2.05 bits per heavy atom. The number of aromatic nitrogens is 1. The molecule has 98 valence electrons. The summed E-state index contributed by atoms with van der Waals surface area (Å²) in [5, 5.41) is 9.41. The van der Waals surface area contributed by atoms with Gasteiger partial charge >= 0.3 is 5.97 Å². The third kappa shape index (κ3) is 3.64. The lowest BCUT2D eigenvalue weighted by Gasteiger charge is -2.13. The number of carbonyl (C=O) groups is 1. The summed E-state index contributed by atoms with van der Waals surface area (Å²) in [6, 6.07) is 11.2. The zero-order valence-electron chi connectivity index (χ0n) is 9.88. The van der Waals surface area contributed by atoms with Gasteiger partial charge in [-0.05, 0) is 52.2 Å². The van der Waals surface area contributed by atoms with Crippen LogP contribution in [0.15, 0.2) is 51.5 Å². The molecule has 5 heteroatoms. The molecule has 1 N–H and O–H groups in total. The van der Waals surface area contributed by atoms with Crippen LogP contribution in [0.3, 0.4) is 0 Å². The summed E-state index contributed by atoms with van der Waals surface area (Å²) in [5.74, 6) is -1.54. The summed E-state index contributed by atoms with van der Waals surface area (Å²) >= 11 is 6.75. The summed E-state index contributed by atoms with van der Waals surface area (Å²) in [5.41, 5.74) is 1.51. The molecule has 0 aliphatic heterocycles. The molecule has 1 aromatic carbocycles. The van der Waals surface area contributed by atoms with Crippen LogP contribution in [0.25, 0.3) is 0 Å². The maximum Gasteiger partial charge on any atom is 0.312 e. The largest absolute Gasteiger partial charge is 0.481 e. The smallest absolute Gasteiger partial charge is 0.312 e. The van der Waals surface area contributed by atoms with Crippen molar-refractivity contribution in [3.63, 3.8) is 0 Å². The number of aliphatic carboxylic acids is 1. The number of pyridine rings is 1. The summed E-state index contributed by atoms with van der Waals surface area (Å²) in [6.07, 6.45) is 2.02. The summed E-state index contributed by atoms with van der Waals surface area (Å²) in [6.45, 7) is 0. The minimum atomic E-state index is -0.876. The molecule has 1 heterocycles. The molecule has 3 nitrogen and oxygen atoms in total. The summed E-state index contributed by atoms with van der Waals surface area (Å²) in [4.78, 5) is 15.6. The first-order valence-corrected chi connectivity index (χ1v) is 7.24. The standard InChI is InChI=1S/C14H11Br2NO2/c15-10-4-1-3-9(7-10)8-11(14(18)19)13-12(16)5-2-6-17-13/h1-7,11H,8H2,(H,18,19). The van der Waals surface area contributed by atoms with Crippen LogP contribution in [-0.2, 0) is 11.2 Å². The van der Waals surface area contributed by atoms with Gasteiger partial charge in [-0.1, -0.05) is 28.1 Å². The molecule has 0 spiro atoms. The molecule has 0 radical (unpaired) electrons. The lowest BCUT2D eigenvalue weighted by atomic mass is 9.96. The van der Waals surface area contributed by atoms with Crippen molar-refractivity contribution >= 4 is 37.8 Å². The second-order valence-corrected chi connectivity index (χ2v) is 5.87. The van der Waals surface area contributed by atoms with Crippen molar-refractivity contribution in [1.82, 2.24) is 4.98 Å². The molecular formula is C14H11Br2NO2. The average molecular weight is 385 g/mol. The number of hydrogen-bond donors (Lipinski definition) is 1. The normalized spacial score (nSPS) is 12.1. The Hall–Kier alpha value is -1.20. The van der Waals surface area contributed by atoms with E-state index in [4.69, 9.17) is 0 Å². The van der Waals surface area contributed by atoms with Crippen LogP contribution in [0.2, 0.25) is 0 Å². The van der Waals surface area contributed by atoms with Gasteiger partial charge in [0.1, 0.15) is 5.92 Å². The minimum Gasteiger partial charge on any atom is -0.481 e. The molecule has 2 aromatic rings. The maximum atomic E-state index is 11.5. The SMILES string of the molecule is O=C(O)C(Cc1cccc(Br)c1)c1ncccc1Br. The first-order valence-electron chi connectivity index (χ1n) is 5.65. The highest BCUT2D eigenvalue weighted by molar-refractivity contribution is 9.10. The van der Waals surface area contributed by atoms with E-state index in [-0.39, 0.29) is 0 Å². The van der Waals surface area contributed by atoms with Gasteiger partial charge in [0.15, 0.2) is 0 Å². The van der Waals surface area contributed by atoms with Crippen LogP contribution >= 0.6 is 31.9 Å². The van der Waals surface area contributed by atoms with E-state index in [0.717, 1.165) is 14.5 Å². The van der Waals surface area contributed by atoms with Crippen LogP contribution in [0.4, 0.5) is 0 Å². The quantitative estimate of drug-likeness (QED) is 0.866. The van der Waals surface area contributed by atoms with Crippen LogP contribution in [-0.4, -0.2) is 16.1 Å². The molecule has 0 fully saturated rings. The second kappa shape index (κ2) is 6.30. The third-order valence-corrected chi connectivity index (χ3v) is 3.91. The van der Waals surface area contributed by atoms with Gasteiger partial charge in [0.05, 0.1) is 5.69 Å². The Bertz CT molecular complexity index is 602. The molecule has 0 aliphatic rings. The fourth-order valence-corrected chi connectivity index (χ4v) is 2.83. The van der Waals surface area contributed by atoms with Gasteiger partial charge in [-0.25, -0.2) is 0 Å². The fourth-order valence-electron chi connectivity index (χ4n) is 1.85. The molecule has 0 amide bonds. The first kappa shape index (κ1) is 14.2. The number of rotatable bonds is 4. The molecule has 1 atom stereocenters. The Morgan fingerprint density at radius 3 is 2.68 bits per heavy atom. The molecule has 0 saturated heterocycles. The number of carboxylic acids is 1. The molecule has 0 aliphatic carbocycles. The van der Waals surface area contributed by atoms with Crippen LogP contribution in [0.1, 0.15) is 17.2 Å². The van der Waals surface area contributed by atoms with Crippen molar-refractivity contribution in [2.45, 2.75) is 12.3 Å². The van der Waals surface area contributed by atoms with Gasteiger partial charge in [-0.2, -0.15) is 0 Å². The van der Waals surface area contributed by atoms with Gasteiger partial charge in [0, 0.05) is 15.1 Å². The van der Waals surface area contributed by atoms with Gasteiger partial charge in [0.25, 0.3) is 0 Å². The van der Waals surface area contributed by atoms with E-state index < -0.39 is 11.9 Å². The maximum absolute atomic E-state index is 11.5. The van der Waals surface area contributed by atoms with Crippen LogP contribution in [0, 0.1) is 0 Å². The van der Waals surface area contributed by atoms with Gasteiger partial charge in [0.2, 0.25) is 0 Å². The highest BCUT2D eigenvalue weighted by Gasteiger charge is 2.23. The molecule has 0 bridgehead atoms. The van der Waals surface area contributed by atoms with Crippen molar-refractivity contribution in [1.29, 1.82) is 0 Å². The van der Waals surface area contributed by atoms with Gasteiger partial charge in [-0.15, -0.1) is 0 Å². The zero-order valence-corrected chi connectivity index (χ0v) is 13.1. The predicted molar refractivity (Wildman–Crippen MR) is 80.2 cm³/mol. The number of nitrogens with zero attached hydrogens (tertiary/aromatic N) is 1. The molecule has 2 rings (SSSR count). The van der Waals surface area contributed by atoms with Gasteiger partial charge in [-0.3, -0.25) is 9.78 Å². The topological polar surface area (TPSA) is 50.2 Å². The van der Waals surface area contributed by atoms with Crippen molar-refractivity contribution in [2.24, 2.45) is 0 Å². The minimum absolute atomic E-state index is 0.407. The van der Waals surface area contributed by atoms with Gasteiger partial charge < -0.3 is 5.11 Å². The van der Waals surface area contributed by atoms with E-state index in [2.05, 4.69) is 36.8 Å². The number of carboxylic acid groups (broad SMARTS) is 1. The lowest BCUT2D eigenvalue weighted by Crippen LogP contribution is -2.16. The Morgan fingerprint density at radius 1 is 1.26 bits per heavy atom. The van der Waals surface area contributed by atoms with E-state index in [0.29, 0.717) is 12.1 Å². The highest BCUT2D eigenvalue weighted by atomic mass is 79.9. The fraction of sp³-hybridized carbons (Fsp3) is 0.143. The Labute approximate surface area is 127 Å². The lowest BCUT2D eigenvalue weighted by molar-refractivity contribution is -0.138. The number of hydrogen-bond acceptors (Lipinski definition) is 2. The highest BCUT2D eigenvalue weighted by Crippen LogP contribution is 2.27. The van der Waals surface area contributed by atoms with Crippen molar-refractivity contribution in [3.8, 4) is 0 Å². The number of benzene rings is 1. The van der Waals surface area contributed by atoms with Crippen molar-refractivity contribution in [2.75, 3.05) is 0 Å². The van der Waals surface area contributed by atoms with Crippen LogP contribution < -0.4 is 0 Å². The van der Waals surface area contributed by atoms with E-state index in [1.807, 2.05) is 24.3 Å². The summed E-state index contributed by atoms with van der Waals surface area (Å²) < 4.78 is 1.66. The van der Waals surface area contributed by atoms with Crippen molar-refractivity contribution < 1.29 is 9.90 Å². The van der Waals surface area contributed by atoms with Crippen molar-refractivity contribution in [3.05, 3.63) is 62.8 Å². The molecule has 1 unspecified atom stereocenters. The average Bonchev–Trinajstić information content (AvgIpc) is 2.37. The molecule has 0 saturated carbocycles. The van der Waals surface area contributed by atoms with E-state index >= 15 is 0 Å². The predicted octanol–water partition coefficient (Wildman–Crippen LogP) is 4.02. The summed E-state index contributed by atoms with van der Waals surface area (Å²) in [7, 11) is 0. The van der Waals surface area contributed by atoms with E-state index in [1.54, 1.807) is 18.3 Å². The zero-order chi connectivity index (χ0) is 13.8. The second-order valence-electron chi connectivity index (χ2n) is 4.10. The Kier molecular flexibility index (Phi) is 4.71. The molecule has 19 heavy (non-hydrogen) atoms. The monoisotopic (exact) mass is 383 g/mol. The van der Waals surface area contributed by atoms with E-state index in [1.165, 1.54) is 0 Å². The van der Waals surface area contributed by atoms with Crippen LogP contribution in [0.5, 0.6) is 0 Å². The first-order chi connectivity index (χ1) is 9.08. The Balaban J connectivity index is 2.32.